The van der Waals surface area contributed by atoms with Crippen molar-refractivity contribution in [2.45, 2.75) is 26.7 Å². The van der Waals surface area contributed by atoms with Gasteiger partial charge in [0.25, 0.3) is 0 Å². The van der Waals surface area contributed by atoms with E-state index in [-0.39, 0.29) is 39.7 Å². The Balaban J connectivity index is -0.0000000460. The fraction of sp³-hybridized carbons (Fsp3) is 0.286. The molecule has 0 bridgehead atoms. The SMILES string of the molecule is CC1=CC=[C-]C1.CC1=CC[C-]=C1.Cl.Cl.[CH3-].[CH3-].[SiH2]=[Zr]. The molecule has 0 amide bonds. The van der Waals surface area contributed by atoms with Crippen molar-refractivity contribution in [2.24, 2.45) is 0 Å². The van der Waals surface area contributed by atoms with Crippen LogP contribution >= 0.6 is 24.8 Å². The van der Waals surface area contributed by atoms with Crippen LogP contribution in [-0.4, -0.2) is 6.88 Å². The first kappa shape index (κ1) is 31.2. The van der Waals surface area contributed by atoms with Gasteiger partial charge in [-0.2, -0.15) is 11.6 Å². The van der Waals surface area contributed by atoms with Crippen LogP contribution in [0.1, 0.15) is 26.7 Å². The molecule has 0 radical (unpaired) electrons. The zero-order valence-corrected chi connectivity index (χ0v) is 17.3. The molecule has 4 heteroatoms. The van der Waals surface area contributed by atoms with Crippen LogP contribution in [0.25, 0.3) is 0 Å². The predicted molar refractivity (Wildman–Crippen MR) is 88.2 cm³/mol. The summed E-state index contributed by atoms with van der Waals surface area (Å²) in [6, 6.07) is 0. The fourth-order valence-corrected chi connectivity index (χ4v) is 0.979. The van der Waals surface area contributed by atoms with Gasteiger partial charge in [-0.05, 0) is 0 Å². The minimum absolute atomic E-state index is 0. The van der Waals surface area contributed by atoms with Crippen molar-refractivity contribution < 1.29 is 23.3 Å². The van der Waals surface area contributed by atoms with E-state index < -0.39 is 0 Å². The van der Waals surface area contributed by atoms with Crippen LogP contribution in [-0.2, 0) is 23.3 Å². The van der Waals surface area contributed by atoms with Gasteiger partial charge in [-0.25, -0.2) is 23.8 Å². The van der Waals surface area contributed by atoms with Gasteiger partial charge in [-0.15, -0.1) is 44.6 Å². The van der Waals surface area contributed by atoms with E-state index in [4.69, 9.17) is 0 Å². The Bertz CT molecular complexity index is 279. The summed E-state index contributed by atoms with van der Waals surface area (Å²) >= 11 is 1.58. The quantitative estimate of drug-likeness (QED) is 0.435. The van der Waals surface area contributed by atoms with Crippen molar-refractivity contribution in [3.63, 3.8) is 0 Å². The Hall–Kier alpha value is 0.640. The minimum atomic E-state index is 0. The van der Waals surface area contributed by atoms with Crippen LogP contribution in [0.15, 0.2) is 35.5 Å². The fourth-order valence-electron chi connectivity index (χ4n) is 0.979. The molecule has 0 atom stereocenters. The van der Waals surface area contributed by atoms with Gasteiger partial charge in [0.15, 0.2) is 0 Å². The summed E-state index contributed by atoms with van der Waals surface area (Å²) in [4.78, 5) is 0. The van der Waals surface area contributed by atoms with Gasteiger partial charge in [0.1, 0.15) is 0 Å². The van der Waals surface area contributed by atoms with Gasteiger partial charge in [-0.1, -0.05) is 6.92 Å². The molecule has 0 heterocycles. The Morgan fingerprint density at radius 2 is 1.67 bits per heavy atom. The second-order valence-electron chi connectivity index (χ2n) is 3.06. The third-order valence-corrected chi connectivity index (χ3v) is 1.74. The summed E-state index contributed by atoms with van der Waals surface area (Å²) in [7, 11) is 0. The van der Waals surface area contributed by atoms with Gasteiger partial charge >= 0.3 is 30.2 Å². The van der Waals surface area contributed by atoms with Crippen LogP contribution in [0.4, 0.5) is 0 Å². The predicted octanol–water partition coefficient (Wildman–Crippen LogP) is 4.22. The van der Waals surface area contributed by atoms with Gasteiger partial charge < -0.3 is 14.9 Å². The molecular weight excluding hydrogens is 358 g/mol. The second kappa shape index (κ2) is 22.8. The number of rotatable bonds is 0. The van der Waals surface area contributed by atoms with Gasteiger partial charge in [0.05, 0.1) is 0 Å². The summed E-state index contributed by atoms with van der Waals surface area (Å²) in [5.74, 6) is 0. The molecule has 0 nitrogen and oxygen atoms in total. The molecule has 0 aliphatic heterocycles. The number of hydrogen-bond donors (Lipinski definition) is 0. The van der Waals surface area contributed by atoms with Crippen LogP contribution in [0, 0.1) is 27.0 Å². The molecule has 0 aromatic rings. The summed E-state index contributed by atoms with van der Waals surface area (Å²) in [6.07, 6.45) is 16.4. The topological polar surface area (TPSA) is 0 Å². The van der Waals surface area contributed by atoms with Crippen molar-refractivity contribution in [3.05, 3.63) is 62.5 Å². The Morgan fingerprint density at radius 3 is 1.78 bits per heavy atom. The molecule has 0 aromatic carbocycles. The Morgan fingerprint density at radius 1 is 1.11 bits per heavy atom. The van der Waals surface area contributed by atoms with Gasteiger partial charge in [-0.3, -0.25) is 12.2 Å². The van der Waals surface area contributed by atoms with E-state index in [1.54, 1.807) is 23.3 Å². The molecule has 2 rings (SSSR count). The van der Waals surface area contributed by atoms with Crippen molar-refractivity contribution in [1.82, 2.24) is 0 Å². The summed E-state index contributed by atoms with van der Waals surface area (Å²) in [5, 5.41) is 0. The Labute approximate surface area is 143 Å². The van der Waals surface area contributed by atoms with Crippen LogP contribution < -0.4 is 0 Å². The number of halogens is 2. The second-order valence-corrected chi connectivity index (χ2v) is 3.06. The van der Waals surface area contributed by atoms with Crippen molar-refractivity contribution in [1.29, 1.82) is 0 Å². The van der Waals surface area contributed by atoms with E-state index in [9.17, 15) is 0 Å². The zero-order chi connectivity index (χ0) is 10.8. The molecule has 0 N–H and O–H groups in total. The van der Waals surface area contributed by atoms with Crippen molar-refractivity contribution >= 4 is 31.7 Å². The normalized spacial score (nSPS) is 12.5. The molecule has 2 aliphatic carbocycles. The van der Waals surface area contributed by atoms with E-state index in [1.165, 1.54) is 11.1 Å². The first-order valence-electron chi connectivity index (χ1n) is 4.60. The van der Waals surface area contributed by atoms with Gasteiger partial charge in [0, 0.05) is 0 Å². The molecule has 0 spiro atoms. The average Bonchev–Trinajstić information content (AvgIpc) is 2.83. The third-order valence-electron chi connectivity index (χ3n) is 1.74. The molecule has 0 aromatic heterocycles. The van der Waals surface area contributed by atoms with Crippen molar-refractivity contribution in [2.75, 3.05) is 0 Å². The third kappa shape index (κ3) is 19.0. The van der Waals surface area contributed by atoms with Crippen LogP contribution in [0.3, 0.4) is 0 Å². The van der Waals surface area contributed by atoms with Crippen LogP contribution in [0.2, 0.25) is 0 Å². The summed E-state index contributed by atoms with van der Waals surface area (Å²) in [5.41, 5.74) is 2.75. The number of hydrogen-bond acceptors (Lipinski definition) is 0. The monoisotopic (exact) mass is 380 g/mol. The summed E-state index contributed by atoms with van der Waals surface area (Å²) in [6.45, 7) is 6.14. The molecule has 106 valence electrons. The first-order chi connectivity index (χ1) is 6.79. The van der Waals surface area contributed by atoms with E-state index in [1.807, 2.05) is 19.0 Å². The average molecular weight is 383 g/mol. The number of allylic oxidation sites excluding steroid dienone is 8. The molecule has 0 fully saturated rings. The van der Waals surface area contributed by atoms with E-state index in [2.05, 4.69) is 38.2 Å². The van der Waals surface area contributed by atoms with Gasteiger partial charge in [0.2, 0.25) is 0 Å². The molecule has 18 heavy (non-hydrogen) atoms. The molecule has 0 saturated heterocycles. The molecular formula is C14H24Cl2SiZr-4. The first-order valence-corrected chi connectivity index (χ1v) is 10.5. The molecule has 0 saturated carbocycles. The van der Waals surface area contributed by atoms with E-state index >= 15 is 0 Å². The Kier molecular flexibility index (Phi) is 39.5. The zero-order valence-electron chi connectivity index (χ0n) is 11.7. The molecule has 0 unspecified atom stereocenters. The maximum atomic E-state index is 3.05. The van der Waals surface area contributed by atoms with Crippen LogP contribution in [0.5, 0.6) is 0 Å². The molecule has 2 aliphatic rings. The van der Waals surface area contributed by atoms with E-state index in [0.717, 1.165) is 12.8 Å². The summed E-state index contributed by atoms with van der Waals surface area (Å²) < 4.78 is 0. The standard InChI is InChI=1S/2C6H7.2CH3.2ClH.H2Si.Zr/c2*1-6-4-2-3-5-6;;;;;;/h4-5H,2H2,1H3;2,4H,5H2,1H3;2*1H3;2*1H;1H2;/q4*-1;;;;. The van der Waals surface area contributed by atoms with Crippen molar-refractivity contribution in [3.8, 4) is 0 Å². The maximum absolute atomic E-state index is 3.05. The van der Waals surface area contributed by atoms with E-state index in [0.29, 0.717) is 0 Å².